The lowest BCUT2D eigenvalue weighted by Crippen LogP contribution is -2.48. The largest absolute Gasteiger partial charge is 0.493 e. The molecule has 3 aromatic rings. The number of carboxylic acid groups (broad SMARTS) is 1. The third-order valence-corrected chi connectivity index (χ3v) is 7.69. The van der Waals surface area contributed by atoms with Crippen molar-refractivity contribution in [2.75, 3.05) is 19.8 Å². The Labute approximate surface area is 239 Å². The number of H-pyrrole nitrogens is 1. The molecule has 1 aliphatic rings. The third kappa shape index (κ3) is 7.25. The molecule has 1 aromatic heterocycles. The number of nitrogens with zero attached hydrogens (tertiary/aromatic N) is 1. The van der Waals surface area contributed by atoms with Gasteiger partial charge >= 0.3 is 5.97 Å². The van der Waals surface area contributed by atoms with Crippen LogP contribution in [0.25, 0.3) is 10.9 Å². The van der Waals surface area contributed by atoms with E-state index in [1.165, 1.54) is 39.8 Å². The number of fused-ring (bicyclic) bond motifs is 3. The Hall–Kier alpha value is -3.04. The maximum Gasteiger partial charge on any atom is 0.335 e. The summed E-state index contributed by atoms with van der Waals surface area (Å²) in [6.45, 7) is 8.59. The summed E-state index contributed by atoms with van der Waals surface area (Å²) in [5, 5.41) is 10.1. The number of hydrogen-bond donors (Lipinski definition) is 2. The quantitative estimate of drug-likeness (QED) is 0.209. The van der Waals surface area contributed by atoms with Crippen LogP contribution in [0.15, 0.2) is 36.4 Å². The van der Waals surface area contributed by atoms with Crippen molar-refractivity contribution in [3.8, 4) is 5.75 Å². The second kappa shape index (κ2) is 12.4. The van der Waals surface area contributed by atoms with Crippen molar-refractivity contribution < 1.29 is 32.5 Å². The fraction of sp³-hybridized carbons (Fsp3) is 0.531. The van der Waals surface area contributed by atoms with Crippen molar-refractivity contribution in [1.29, 1.82) is 0 Å². The first-order valence-electron chi connectivity index (χ1n) is 14.3. The number of aromatic nitrogens is 1. The Bertz CT molecular complexity index is 1340. The molecule has 0 bridgehead atoms. The average Bonchev–Trinajstić information content (AvgIpc) is 3.24. The zero-order valence-corrected chi connectivity index (χ0v) is 24.5. The van der Waals surface area contributed by atoms with E-state index in [2.05, 4.69) is 4.98 Å². The SMILES string of the molecule is C[C@@H]1Cc2c([nH]c3ccccc23)[C@@H](c2c(F)cc(OCCCCCCOC(C)(C)C(=O)O)cc2F)N1CC(C)(C)F. The number of alkyl halides is 1. The molecule has 6 nitrogen and oxygen atoms in total. The first-order chi connectivity index (χ1) is 19.3. The van der Waals surface area contributed by atoms with Gasteiger partial charge in [-0.3, -0.25) is 4.90 Å². The highest BCUT2D eigenvalue weighted by atomic mass is 19.1. The van der Waals surface area contributed by atoms with Gasteiger partial charge in [-0.05, 0) is 71.9 Å². The molecule has 224 valence electrons. The summed E-state index contributed by atoms with van der Waals surface area (Å²) in [4.78, 5) is 16.3. The first-order valence-corrected chi connectivity index (χ1v) is 14.3. The fourth-order valence-electron chi connectivity index (χ4n) is 5.54. The van der Waals surface area contributed by atoms with Gasteiger partial charge in [-0.15, -0.1) is 0 Å². The van der Waals surface area contributed by atoms with Gasteiger partial charge in [-0.2, -0.15) is 0 Å². The highest BCUT2D eigenvalue weighted by Gasteiger charge is 2.41. The number of nitrogens with one attached hydrogen (secondary N) is 1. The van der Waals surface area contributed by atoms with Gasteiger partial charge in [-0.1, -0.05) is 24.6 Å². The smallest absolute Gasteiger partial charge is 0.335 e. The number of carbonyl (C=O) groups is 1. The fourth-order valence-corrected chi connectivity index (χ4v) is 5.54. The second-order valence-corrected chi connectivity index (χ2v) is 12.1. The molecule has 0 spiro atoms. The molecule has 0 aliphatic carbocycles. The number of halogens is 3. The molecular weight excluding hydrogens is 533 g/mol. The zero-order chi connectivity index (χ0) is 29.9. The standard InChI is InChI=1S/C32H41F3N2O4/c1-20-16-23-22-12-8-9-13-26(22)36-28(23)29(37(20)19-31(2,3)35)27-24(33)17-21(18-25(27)34)40-14-10-6-7-11-15-41-32(4,5)30(38)39/h8-9,12-13,17-18,20,29,36H,6-7,10-11,14-16,19H2,1-5H3,(H,38,39)/t20-,29-/m1/s1. The number of rotatable bonds is 13. The summed E-state index contributed by atoms with van der Waals surface area (Å²) in [5.74, 6) is -2.37. The topological polar surface area (TPSA) is 74.8 Å². The minimum Gasteiger partial charge on any atom is -0.493 e. The van der Waals surface area contributed by atoms with Gasteiger partial charge in [0.25, 0.3) is 0 Å². The molecule has 0 amide bonds. The molecule has 2 atom stereocenters. The minimum absolute atomic E-state index is 0.0175. The van der Waals surface area contributed by atoms with Crippen LogP contribution >= 0.6 is 0 Å². The monoisotopic (exact) mass is 574 g/mol. The van der Waals surface area contributed by atoms with Crippen molar-refractivity contribution >= 4 is 16.9 Å². The van der Waals surface area contributed by atoms with E-state index in [0.29, 0.717) is 31.6 Å². The maximum atomic E-state index is 15.7. The number of ether oxygens (including phenoxy) is 2. The van der Waals surface area contributed by atoms with E-state index < -0.39 is 34.9 Å². The summed E-state index contributed by atoms with van der Waals surface area (Å²) in [5.41, 5.74) is -0.323. The zero-order valence-electron chi connectivity index (χ0n) is 24.5. The van der Waals surface area contributed by atoms with Crippen LogP contribution in [-0.4, -0.2) is 58.0 Å². The summed E-state index contributed by atoms with van der Waals surface area (Å²) < 4.78 is 57.5. The van der Waals surface area contributed by atoms with Gasteiger partial charge < -0.3 is 19.6 Å². The lowest BCUT2D eigenvalue weighted by Gasteiger charge is -2.43. The van der Waals surface area contributed by atoms with E-state index in [1.54, 1.807) is 0 Å². The van der Waals surface area contributed by atoms with Crippen LogP contribution in [0.1, 0.15) is 83.2 Å². The maximum absolute atomic E-state index is 15.7. The van der Waals surface area contributed by atoms with E-state index in [9.17, 15) is 9.18 Å². The molecule has 0 unspecified atom stereocenters. The summed E-state index contributed by atoms with van der Waals surface area (Å²) >= 11 is 0. The Morgan fingerprint density at radius 3 is 2.32 bits per heavy atom. The average molecular weight is 575 g/mol. The van der Waals surface area contributed by atoms with E-state index in [0.717, 1.165) is 29.3 Å². The van der Waals surface area contributed by atoms with Crippen LogP contribution in [0.3, 0.4) is 0 Å². The van der Waals surface area contributed by atoms with Crippen molar-refractivity contribution in [2.24, 2.45) is 0 Å². The number of para-hydroxylation sites is 1. The van der Waals surface area contributed by atoms with Gasteiger partial charge in [0.2, 0.25) is 0 Å². The Kier molecular flexibility index (Phi) is 9.39. The van der Waals surface area contributed by atoms with Crippen LogP contribution in [0.4, 0.5) is 13.2 Å². The van der Waals surface area contributed by atoms with Crippen LogP contribution < -0.4 is 4.74 Å². The second-order valence-electron chi connectivity index (χ2n) is 12.1. The third-order valence-electron chi connectivity index (χ3n) is 7.69. The lowest BCUT2D eigenvalue weighted by atomic mass is 9.87. The molecule has 41 heavy (non-hydrogen) atoms. The van der Waals surface area contributed by atoms with E-state index in [4.69, 9.17) is 14.6 Å². The highest BCUT2D eigenvalue weighted by Crippen LogP contribution is 2.43. The molecule has 0 saturated carbocycles. The van der Waals surface area contributed by atoms with Crippen molar-refractivity contribution in [2.45, 2.75) is 90.1 Å². The van der Waals surface area contributed by atoms with E-state index in [1.807, 2.05) is 36.1 Å². The molecular formula is C32H41F3N2O4. The number of aromatic amines is 1. The number of benzene rings is 2. The van der Waals surface area contributed by atoms with Gasteiger partial charge in [0.1, 0.15) is 23.1 Å². The number of hydrogen-bond acceptors (Lipinski definition) is 4. The molecule has 0 saturated heterocycles. The van der Waals surface area contributed by atoms with Gasteiger partial charge in [0.05, 0.1) is 12.6 Å². The van der Waals surface area contributed by atoms with E-state index >= 15 is 8.78 Å². The number of unbranched alkanes of at least 4 members (excludes halogenated alkanes) is 3. The van der Waals surface area contributed by atoms with Gasteiger partial charge in [0.15, 0.2) is 5.60 Å². The molecule has 0 radical (unpaired) electrons. The van der Waals surface area contributed by atoms with Gasteiger partial charge in [0, 0.05) is 53.5 Å². The molecule has 2 aromatic carbocycles. The normalized spacial score (nSPS) is 18.0. The Morgan fingerprint density at radius 2 is 1.68 bits per heavy atom. The highest BCUT2D eigenvalue weighted by molar-refractivity contribution is 5.85. The summed E-state index contributed by atoms with van der Waals surface area (Å²) in [7, 11) is 0. The van der Waals surface area contributed by atoms with Crippen molar-refractivity contribution in [3.63, 3.8) is 0 Å². The lowest BCUT2D eigenvalue weighted by molar-refractivity contribution is -0.161. The Morgan fingerprint density at radius 1 is 1.05 bits per heavy atom. The van der Waals surface area contributed by atoms with Crippen LogP contribution in [-0.2, 0) is 16.0 Å². The molecule has 1 aliphatic heterocycles. The van der Waals surface area contributed by atoms with Crippen molar-refractivity contribution in [1.82, 2.24) is 9.88 Å². The summed E-state index contributed by atoms with van der Waals surface area (Å²) in [6, 6.07) is 9.24. The predicted molar refractivity (Wildman–Crippen MR) is 153 cm³/mol. The first kappa shape index (κ1) is 30.9. The number of carboxylic acids is 1. The molecule has 9 heteroatoms. The molecule has 0 fully saturated rings. The number of aliphatic carboxylic acids is 1. The molecule has 2 heterocycles. The van der Waals surface area contributed by atoms with Crippen molar-refractivity contribution in [3.05, 3.63) is 64.9 Å². The minimum atomic E-state index is -1.56. The molecule has 4 rings (SSSR count). The van der Waals surface area contributed by atoms with E-state index in [-0.39, 0.29) is 30.5 Å². The van der Waals surface area contributed by atoms with Crippen LogP contribution in [0.2, 0.25) is 0 Å². The predicted octanol–water partition coefficient (Wildman–Crippen LogP) is 7.35. The summed E-state index contributed by atoms with van der Waals surface area (Å²) in [6.07, 6.45) is 3.63. The van der Waals surface area contributed by atoms with Gasteiger partial charge in [-0.25, -0.2) is 18.0 Å². The molecule has 2 N–H and O–H groups in total. The van der Waals surface area contributed by atoms with Crippen LogP contribution in [0, 0.1) is 11.6 Å². The van der Waals surface area contributed by atoms with Crippen LogP contribution in [0.5, 0.6) is 5.75 Å². The Balaban J connectivity index is 1.47.